The van der Waals surface area contributed by atoms with Gasteiger partial charge in [-0.1, -0.05) is 63.7 Å². The molecule has 0 aromatic carbocycles. The van der Waals surface area contributed by atoms with E-state index < -0.39 is 36.9 Å². The average molecular weight is 646 g/mol. The molecule has 0 aromatic heterocycles. The van der Waals surface area contributed by atoms with Gasteiger partial charge in [0.25, 0.3) is 0 Å². The molecular formula is C16H24Br4NO6+. The summed E-state index contributed by atoms with van der Waals surface area (Å²) in [6.45, 7) is 5.27. The molecule has 0 radical (unpaired) electrons. The third-order valence-corrected chi connectivity index (χ3v) is 5.82. The molecule has 1 saturated heterocycles. The highest BCUT2D eigenvalue weighted by molar-refractivity contribution is 9.25. The van der Waals surface area contributed by atoms with Crippen LogP contribution in [-0.4, -0.2) is 57.3 Å². The van der Waals surface area contributed by atoms with Gasteiger partial charge in [-0.3, -0.25) is 4.79 Å². The van der Waals surface area contributed by atoms with E-state index in [1.807, 2.05) is 13.8 Å². The summed E-state index contributed by atoms with van der Waals surface area (Å²) in [4.78, 5) is 36.0. The summed E-state index contributed by atoms with van der Waals surface area (Å²) >= 11 is 12.1. The predicted octanol–water partition coefficient (Wildman–Crippen LogP) is 2.22. The van der Waals surface area contributed by atoms with Crippen LogP contribution in [0.2, 0.25) is 0 Å². The Kier molecular flexibility index (Phi) is 11.3. The number of ether oxygens (including phenoxy) is 3. The lowest BCUT2D eigenvalue weighted by atomic mass is 9.83. The molecule has 0 amide bonds. The molecule has 1 aliphatic rings. The Morgan fingerprint density at radius 3 is 1.78 bits per heavy atom. The van der Waals surface area contributed by atoms with Gasteiger partial charge in [0.05, 0.1) is 13.1 Å². The molecule has 156 valence electrons. The number of alkyl halides is 4. The maximum atomic E-state index is 12.7. The van der Waals surface area contributed by atoms with Gasteiger partial charge in [0.2, 0.25) is 0 Å². The summed E-state index contributed by atoms with van der Waals surface area (Å²) in [5, 5.41) is 2.24. The van der Waals surface area contributed by atoms with Gasteiger partial charge in [0.15, 0.2) is 7.47 Å². The van der Waals surface area contributed by atoms with Crippen molar-refractivity contribution in [2.45, 2.75) is 39.8 Å². The Hall–Kier alpha value is 0.290. The minimum Gasteiger partial charge on any atom is -0.463 e. The van der Waals surface area contributed by atoms with E-state index in [1.54, 1.807) is 0 Å². The highest BCUT2D eigenvalue weighted by atomic mass is 79.9. The summed E-state index contributed by atoms with van der Waals surface area (Å²) < 4.78 is 14.5. The number of hydrogen-bond acceptors (Lipinski definition) is 6. The zero-order valence-electron chi connectivity index (χ0n) is 15.1. The fraction of sp³-hybridized carbons (Fsp3) is 0.812. The van der Waals surface area contributed by atoms with Crippen LogP contribution >= 0.6 is 63.7 Å². The zero-order chi connectivity index (χ0) is 20.6. The lowest BCUT2D eigenvalue weighted by Gasteiger charge is -2.36. The van der Waals surface area contributed by atoms with E-state index in [2.05, 4.69) is 69.0 Å². The summed E-state index contributed by atoms with van der Waals surface area (Å²) in [5.41, 5.74) is -0.654. The van der Waals surface area contributed by atoms with E-state index in [0.717, 1.165) is 25.9 Å². The summed E-state index contributed by atoms with van der Waals surface area (Å²) in [6, 6.07) is 0. The smallest absolute Gasteiger partial charge is 0.330 e. The normalized spacial score (nSPS) is 15.9. The largest absolute Gasteiger partial charge is 0.463 e. The van der Waals surface area contributed by atoms with E-state index in [-0.39, 0.29) is 19.1 Å². The van der Waals surface area contributed by atoms with Crippen LogP contribution in [0.5, 0.6) is 0 Å². The first-order chi connectivity index (χ1) is 12.5. The van der Waals surface area contributed by atoms with Crippen molar-refractivity contribution in [3.8, 4) is 0 Å². The highest BCUT2D eigenvalue weighted by Crippen LogP contribution is 2.29. The molecule has 1 aliphatic heterocycles. The predicted molar refractivity (Wildman–Crippen MR) is 113 cm³/mol. The van der Waals surface area contributed by atoms with Gasteiger partial charge in [-0.25, -0.2) is 9.59 Å². The molecule has 1 fully saturated rings. The maximum absolute atomic E-state index is 12.7. The fourth-order valence-corrected chi connectivity index (χ4v) is 3.25. The van der Waals surface area contributed by atoms with Crippen molar-refractivity contribution in [3.63, 3.8) is 0 Å². The third kappa shape index (κ3) is 9.10. The van der Waals surface area contributed by atoms with Gasteiger partial charge in [0.1, 0.15) is 24.7 Å². The van der Waals surface area contributed by atoms with E-state index in [0.29, 0.717) is 0 Å². The van der Waals surface area contributed by atoms with Crippen LogP contribution in [0.1, 0.15) is 26.7 Å². The fourth-order valence-electron chi connectivity index (χ4n) is 2.72. The first kappa shape index (κ1) is 25.3. The van der Waals surface area contributed by atoms with Gasteiger partial charge in [-0.15, -0.1) is 0 Å². The second-order valence-corrected chi connectivity index (χ2v) is 12.8. The number of quaternary nitrogens is 1. The molecule has 7 nitrogen and oxygen atoms in total. The first-order valence-corrected chi connectivity index (χ1v) is 12.1. The Bertz CT molecular complexity index is 499. The molecule has 2 N–H and O–H groups in total. The summed E-state index contributed by atoms with van der Waals surface area (Å²) in [7, 11) is 0. The topological polar surface area (TPSA) is 95.5 Å². The van der Waals surface area contributed by atoms with Crippen LogP contribution < -0.4 is 5.32 Å². The Morgan fingerprint density at radius 2 is 1.37 bits per heavy atom. The van der Waals surface area contributed by atoms with Crippen LogP contribution in [0, 0.1) is 11.8 Å². The van der Waals surface area contributed by atoms with Crippen LogP contribution in [0.15, 0.2) is 0 Å². The monoisotopic (exact) mass is 642 g/mol. The molecule has 0 aromatic rings. The number of piperidine rings is 1. The Balaban J connectivity index is 2.74. The van der Waals surface area contributed by atoms with Crippen LogP contribution in [0.3, 0.4) is 0 Å². The minimum absolute atomic E-state index is 0.248. The molecule has 11 heteroatoms. The van der Waals surface area contributed by atoms with Crippen LogP contribution in [-0.2, 0) is 28.6 Å². The van der Waals surface area contributed by atoms with E-state index in [1.165, 1.54) is 0 Å². The molecule has 0 spiro atoms. The number of carbonyl (C=O) groups is 3. The van der Waals surface area contributed by atoms with E-state index in [9.17, 15) is 14.4 Å². The van der Waals surface area contributed by atoms with Gasteiger partial charge < -0.3 is 19.5 Å². The standard InChI is InChI=1S/C16H23Br4NO6/c1-16(2,10-3-5-21-6-4-10)27-13(22)9(7-25-14(23)11(17)18)8-26-15(24)12(19)20/h9-12,21H,3-8H2,1-2H3/p+1. The zero-order valence-corrected chi connectivity index (χ0v) is 21.4. The number of rotatable bonds is 9. The van der Waals surface area contributed by atoms with Gasteiger partial charge in [-0.05, 0) is 13.8 Å². The second-order valence-electron chi connectivity index (χ2n) is 6.72. The lowest BCUT2D eigenvalue weighted by Crippen LogP contribution is -2.86. The van der Waals surface area contributed by atoms with Crippen molar-refractivity contribution in [1.29, 1.82) is 0 Å². The van der Waals surface area contributed by atoms with E-state index >= 15 is 0 Å². The highest BCUT2D eigenvalue weighted by Gasteiger charge is 2.38. The lowest BCUT2D eigenvalue weighted by molar-refractivity contribution is -0.665. The number of halogens is 4. The SMILES string of the molecule is CC(C)(OC(=O)C(COC(=O)C(Br)Br)COC(=O)C(Br)Br)C1CC[NH2+]CC1. The van der Waals surface area contributed by atoms with Crippen LogP contribution in [0.25, 0.3) is 0 Å². The number of carbonyl (C=O) groups excluding carboxylic acids is 3. The molecule has 0 saturated carbocycles. The molecule has 0 unspecified atom stereocenters. The van der Waals surface area contributed by atoms with Crippen molar-refractivity contribution in [2.75, 3.05) is 26.3 Å². The van der Waals surface area contributed by atoms with Crippen molar-refractivity contribution >= 4 is 81.6 Å². The van der Waals surface area contributed by atoms with Crippen LogP contribution in [0.4, 0.5) is 0 Å². The summed E-state index contributed by atoms with van der Waals surface area (Å²) in [6.07, 6.45) is 1.91. The van der Waals surface area contributed by atoms with Crippen molar-refractivity contribution in [2.24, 2.45) is 11.8 Å². The van der Waals surface area contributed by atoms with E-state index in [4.69, 9.17) is 14.2 Å². The molecule has 27 heavy (non-hydrogen) atoms. The molecule has 0 aliphatic carbocycles. The van der Waals surface area contributed by atoms with Crippen molar-refractivity contribution in [3.05, 3.63) is 0 Å². The molecule has 0 bridgehead atoms. The van der Waals surface area contributed by atoms with Gasteiger partial charge >= 0.3 is 17.9 Å². The average Bonchev–Trinajstić information content (AvgIpc) is 2.61. The molecule has 1 heterocycles. The van der Waals surface area contributed by atoms with Gasteiger partial charge in [0, 0.05) is 18.8 Å². The number of hydrogen-bond donors (Lipinski definition) is 1. The minimum atomic E-state index is -0.912. The molecule has 1 rings (SSSR count). The first-order valence-electron chi connectivity index (χ1n) is 8.48. The maximum Gasteiger partial charge on any atom is 0.330 e. The van der Waals surface area contributed by atoms with Crippen molar-refractivity contribution in [1.82, 2.24) is 0 Å². The molecule has 0 atom stereocenters. The number of esters is 3. The third-order valence-electron chi connectivity index (χ3n) is 4.33. The van der Waals surface area contributed by atoms with Crippen molar-refractivity contribution < 1.29 is 33.9 Å². The quantitative estimate of drug-likeness (QED) is 0.235. The summed E-state index contributed by atoms with van der Waals surface area (Å²) in [5.74, 6) is -2.39. The number of nitrogens with two attached hydrogens (primary N) is 1. The Morgan fingerprint density at radius 1 is 0.926 bits per heavy atom. The molecular weight excluding hydrogens is 622 g/mol. The van der Waals surface area contributed by atoms with Gasteiger partial charge in [-0.2, -0.15) is 0 Å². The second kappa shape index (κ2) is 12.1. The Labute approximate surface area is 192 Å².